The van der Waals surface area contributed by atoms with Crippen molar-refractivity contribution in [2.75, 3.05) is 18.4 Å². The maximum absolute atomic E-state index is 13.4. The van der Waals surface area contributed by atoms with E-state index in [4.69, 9.17) is 11.6 Å². The van der Waals surface area contributed by atoms with Crippen LogP contribution in [0, 0.1) is 17.6 Å². The monoisotopic (exact) mass is 260 g/mol. The maximum Gasteiger partial charge on any atom is 0.224 e. The Kier molecular flexibility index (Phi) is 3.59. The fourth-order valence-corrected chi connectivity index (χ4v) is 1.85. The van der Waals surface area contributed by atoms with Gasteiger partial charge in [-0.25, -0.2) is 8.78 Å². The minimum absolute atomic E-state index is 0.136. The van der Waals surface area contributed by atoms with Crippen LogP contribution in [0.4, 0.5) is 14.5 Å². The highest BCUT2D eigenvalue weighted by Crippen LogP contribution is 2.26. The van der Waals surface area contributed by atoms with E-state index < -0.39 is 11.6 Å². The van der Waals surface area contributed by atoms with Gasteiger partial charge < -0.3 is 10.6 Å². The van der Waals surface area contributed by atoms with Crippen molar-refractivity contribution < 1.29 is 13.6 Å². The molecule has 1 amide bonds. The number of hydrogen-bond donors (Lipinski definition) is 2. The summed E-state index contributed by atoms with van der Waals surface area (Å²) in [7, 11) is 0. The Bertz CT molecular complexity index is 426. The molecule has 0 aliphatic carbocycles. The lowest BCUT2D eigenvalue weighted by Gasteiger charge is -2.26. The Morgan fingerprint density at radius 2 is 2.18 bits per heavy atom. The van der Waals surface area contributed by atoms with Crippen molar-refractivity contribution >= 4 is 23.2 Å². The van der Waals surface area contributed by atoms with Gasteiger partial charge in [0.05, 0.1) is 10.7 Å². The minimum Gasteiger partial charge on any atom is -0.322 e. The van der Waals surface area contributed by atoms with Gasteiger partial charge in [0.15, 0.2) is 5.82 Å². The van der Waals surface area contributed by atoms with E-state index in [-0.39, 0.29) is 22.5 Å². The highest BCUT2D eigenvalue weighted by molar-refractivity contribution is 6.33. The molecule has 1 saturated heterocycles. The van der Waals surface area contributed by atoms with Crippen LogP contribution in [-0.2, 0) is 4.79 Å². The van der Waals surface area contributed by atoms with Gasteiger partial charge in [0, 0.05) is 12.5 Å². The summed E-state index contributed by atoms with van der Waals surface area (Å²) in [5.41, 5.74) is -0.162. The summed E-state index contributed by atoms with van der Waals surface area (Å²) in [4.78, 5) is 11.5. The molecule has 17 heavy (non-hydrogen) atoms. The molecule has 1 aromatic carbocycles. The number of amides is 1. The zero-order valence-corrected chi connectivity index (χ0v) is 9.65. The molecular formula is C11H11ClF2N2O. The normalized spacial score (nSPS) is 15.5. The lowest BCUT2D eigenvalue weighted by molar-refractivity contribution is -0.117. The van der Waals surface area contributed by atoms with Gasteiger partial charge in [0.2, 0.25) is 5.91 Å². The summed E-state index contributed by atoms with van der Waals surface area (Å²) in [5, 5.41) is 5.26. The molecule has 1 fully saturated rings. The number of carbonyl (C=O) groups is 1. The van der Waals surface area contributed by atoms with Crippen LogP contribution in [0.1, 0.15) is 6.42 Å². The van der Waals surface area contributed by atoms with Crippen molar-refractivity contribution in [3.63, 3.8) is 0 Å². The Hall–Kier alpha value is -1.20. The van der Waals surface area contributed by atoms with Gasteiger partial charge in [-0.15, -0.1) is 0 Å². The van der Waals surface area contributed by atoms with Gasteiger partial charge in [-0.1, -0.05) is 11.6 Å². The van der Waals surface area contributed by atoms with Gasteiger partial charge >= 0.3 is 0 Å². The van der Waals surface area contributed by atoms with Crippen LogP contribution in [0.2, 0.25) is 5.02 Å². The average Bonchev–Trinajstić information content (AvgIpc) is 2.17. The first kappa shape index (κ1) is 12.3. The Balaban J connectivity index is 2.04. The molecule has 0 saturated carbocycles. The van der Waals surface area contributed by atoms with E-state index in [0.717, 1.165) is 19.2 Å². The molecule has 0 unspecified atom stereocenters. The Morgan fingerprint density at radius 3 is 2.71 bits per heavy atom. The molecule has 1 heterocycles. The van der Waals surface area contributed by atoms with Gasteiger partial charge in [-0.05, 0) is 25.1 Å². The molecule has 6 heteroatoms. The molecule has 0 spiro atoms. The van der Waals surface area contributed by atoms with Gasteiger partial charge in [0.25, 0.3) is 0 Å². The van der Waals surface area contributed by atoms with E-state index in [1.165, 1.54) is 0 Å². The van der Waals surface area contributed by atoms with Crippen LogP contribution >= 0.6 is 11.6 Å². The van der Waals surface area contributed by atoms with E-state index in [9.17, 15) is 13.6 Å². The lowest BCUT2D eigenvalue weighted by Crippen LogP contribution is -2.43. The predicted octanol–water partition coefficient (Wildman–Crippen LogP) is 2.17. The number of anilines is 1. The quantitative estimate of drug-likeness (QED) is 0.875. The lowest BCUT2D eigenvalue weighted by atomic mass is 9.99. The fraction of sp³-hybridized carbons (Fsp3) is 0.364. The number of rotatable bonds is 3. The molecular weight excluding hydrogens is 250 g/mol. The van der Waals surface area contributed by atoms with Crippen LogP contribution in [0.15, 0.2) is 12.1 Å². The molecule has 0 bridgehead atoms. The number of carbonyl (C=O) groups excluding carboxylic acids is 1. The first-order valence-electron chi connectivity index (χ1n) is 5.21. The molecule has 2 N–H and O–H groups in total. The van der Waals surface area contributed by atoms with Crippen LogP contribution in [0.3, 0.4) is 0 Å². The predicted molar refractivity (Wildman–Crippen MR) is 61.0 cm³/mol. The fourth-order valence-electron chi connectivity index (χ4n) is 1.61. The van der Waals surface area contributed by atoms with Crippen molar-refractivity contribution in [2.45, 2.75) is 6.42 Å². The van der Waals surface area contributed by atoms with E-state index in [1.807, 2.05) is 0 Å². The standard InChI is InChI=1S/C11H11ClF2N2O/c12-8-2-7(13)3-9(14)11(8)16-10(17)1-6-4-15-5-6/h2-3,6,15H,1,4-5H2,(H,16,17). The molecule has 2 rings (SSSR count). The van der Waals surface area contributed by atoms with Crippen LogP contribution < -0.4 is 10.6 Å². The zero-order valence-electron chi connectivity index (χ0n) is 8.90. The summed E-state index contributed by atoms with van der Waals surface area (Å²) in [6, 6.07) is 1.65. The third kappa shape index (κ3) is 2.92. The molecule has 1 aliphatic rings. The van der Waals surface area contributed by atoms with Gasteiger partial charge in [0.1, 0.15) is 5.82 Å². The van der Waals surface area contributed by atoms with Gasteiger partial charge in [-0.3, -0.25) is 4.79 Å². The van der Waals surface area contributed by atoms with Crippen LogP contribution in [0.25, 0.3) is 0 Å². The van der Waals surface area contributed by atoms with E-state index in [1.54, 1.807) is 0 Å². The average molecular weight is 261 g/mol. The topological polar surface area (TPSA) is 41.1 Å². The second-order valence-electron chi connectivity index (χ2n) is 4.02. The molecule has 0 aromatic heterocycles. The summed E-state index contributed by atoms with van der Waals surface area (Å²) in [6.45, 7) is 1.57. The Labute approximate surface area is 102 Å². The third-order valence-corrected chi connectivity index (χ3v) is 2.91. The van der Waals surface area contributed by atoms with Crippen molar-refractivity contribution in [3.8, 4) is 0 Å². The summed E-state index contributed by atoms with van der Waals surface area (Å²) >= 11 is 5.66. The second-order valence-corrected chi connectivity index (χ2v) is 4.43. The number of halogens is 3. The largest absolute Gasteiger partial charge is 0.322 e. The third-order valence-electron chi connectivity index (χ3n) is 2.61. The van der Waals surface area contributed by atoms with E-state index >= 15 is 0 Å². The van der Waals surface area contributed by atoms with E-state index in [2.05, 4.69) is 10.6 Å². The van der Waals surface area contributed by atoms with E-state index in [0.29, 0.717) is 12.5 Å². The number of benzene rings is 1. The molecule has 1 aliphatic heterocycles. The molecule has 92 valence electrons. The number of nitrogens with one attached hydrogen (secondary N) is 2. The molecule has 0 atom stereocenters. The summed E-state index contributed by atoms with van der Waals surface area (Å²) < 4.78 is 26.1. The number of hydrogen-bond acceptors (Lipinski definition) is 2. The van der Waals surface area contributed by atoms with Crippen LogP contribution in [0.5, 0.6) is 0 Å². The van der Waals surface area contributed by atoms with Crippen molar-refractivity contribution in [3.05, 3.63) is 28.8 Å². The Morgan fingerprint density at radius 1 is 1.47 bits per heavy atom. The zero-order chi connectivity index (χ0) is 12.4. The smallest absolute Gasteiger partial charge is 0.224 e. The van der Waals surface area contributed by atoms with Crippen molar-refractivity contribution in [1.29, 1.82) is 0 Å². The minimum atomic E-state index is -0.866. The molecule has 3 nitrogen and oxygen atoms in total. The summed E-state index contributed by atoms with van der Waals surface area (Å²) in [5.74, 6) is -1.68. The molecule has 1 aromatic rings. The van der Waals surface area contributed by atoms with Crippen molar-refractivity contribution in [1.82, 2.24) is 5.32 Å². The highest BCUT2D eigenvalue weighted by atomic mass is 35.5. The van der Waals surface area contributed by atoms with Gasteiger partial charge in [-0.2, -0.15) is 0 Å². The maximum atomic E-state index is 13.4. The van der Waals surface area contributed by atoms with Crippen molar-refractivity contribution in [2.24, 2.45) is 5.92 Å². The highest BCUT2D eigenvalue weighted by Gasteiger charge is 2.21. The van der Waals surface area contributed by atoms with Crippen LogP contribution in [-0.4, -0.2) is 19.0 Å². The SMILES string of the molecule is O=C(CC1CNC1)Nc1c(F)cc(F)cc1Cl. The first-order chi connectivity index (χ1) is 8.06. The second kappa shape index (κ2) is 4.98. The first-order valence-corrected chi connectivity index (χ1v) is 5.59. The summed E-state index contributed by atoms with van der Waals surface area (Å²) in [6.07, 6.45) is 0.306. The molecule has 0 radical (unpaired) electrons.